The van der Waals surface area contributed by atoms with Gasteiger partial charge in [-0.25, -0.2) is 4.52 Å². The standard InChI is InChI=1S/C23H24N4O2/c1-15(18-9-5-4-6-10-18)14-24-23(29)17(3)27-20-12-8-7-11-19(20)22-25-21(28)13-16(2)26(22)27/h4-13,15,17H,14H2,1-3H3,(H,24,29)/t15-,17+/m0/s1. The maximum Gasteiger partial charge on any atom is 0.273 e. The van der Waals surface area contributed by atoms with Crippen LogP contribution in [-0.2, 0) is 4.79 Å². The van der Waals surface area contributed by atoms with Gasteiger partial charge < -0.3 is 5.32 Å². The molecular weight excluding hydrogens is 364 g/mol. The first-order valence-corrected chi connectivity index (χ1v) is 9.79. The molecule has 2 heterocycles. The zero-order valence-electron chi connectivity index (χ0n) is 16.8. The van der Waals surface area contributed by atoms with Crippen molar-refractivity contribution < 1.29 is 4.79 Å². The molecule has 0 saturated heterocycles. The maximum absolute atomic E-state index is 13.0. The average Bonchev–Trinajstić information content (AvgIpc) is 3.06. The number of para-hydroxylation sites is 1. The summed E-state index contributed by atoms with van der Waals surface area (Å²) in [5.74, 6) is 0.137. The van der Waals surface area contributed by atoms with Crippen molar-refractivity contribution in [2.75, 3.05) is 6.54 Å². The van der Waals surface area contributed by atoms with E-state index in [1.807, 2.05) is 65.5 Å². The minimum absolute atomic E-state index is 0.0754. The number of fused-ring (bicyclic) bond motifs is 3. The Morgan fingerprint density at radius 1 is 1.07 bits per heavy atom. The molecule has 0 aliphatic rings. The fourth-order valence-electron chi connectivity index (χ4n) is 3.80. The summed E-state index contributed by atoms with van der Waals surface area (Å²) in [6.45, 7) is 6.37. The van der Waals surface area contributed by atoms with Gasteiger partial charge in [0.05, 0.1) is 5.52 Å². The number of nitrogens with one attached hydrogen (secondary N) is 1. The first kappa shape index (κ1) is 18.9. The lowest BCUT2D eigenvalue weighted by atomic mass is 10.0. The van der Waals surface area contributed by atoms with Crippen LogP contribution in [-0.4, -0.2) is 26.6 Å². The summed E-state index contributed by atoms with van der Waals surface area (Å²) in [5, 5.41) is 3.93. The van der Waals surface area contributed by atoms with E-state index in [9.17, 15) is 9.59 Å². The third-order valence-corrected chi connectivity index (χ3v) is 5.39. The van der Waals surface area contributed by atoms with E-state index in [1.165, 1.54) is 11.6 Å². The third-order valence-electron chi connectivity index (χ3n) is 5.39. The fraction of sp³-hybridized carbons (Fsp3) is 0.261. The van der Waals surface area contributed by atoms with E-state index in [0.717, 1.165) is 16.6 Å². The van der Waals surface area contributed by atoms with Crippen LogP contribution in [0, 0.1) is 6.92 Å². The lowest BCUT2D eigenvalue weighted by Crippen LogP contribution is -2.35. The molecule has 0 saturated carbocycles. The van der Waals surface area contributed by atoms with Gasteiger partial charge in [-0.05, 0) is 37.5 Å². The number of benzene rings is 2. The van der Waals surface area contributed by atoms with Gasteiger partial charge in [-0.3, -0.25) is 14.3 Å². The average molecular weight is 388 g/mol. The van der Waals surface area contributed by atoms with E-state index in [1.54, 1.807) is 0 Å². The molecule has 0 spiro atoms. The van der Waals surface area contributed by atoms with Crippen molar-refractivity contribution in [2.24, 2.45) is 0 Å². The van der Waals surface area contributed by atoms with Crippen molar-refractivity contribution in [2.45, 2.75) is 32.7 Å². The summed E-state index contributed by atoms with van der Waals surface area (Å²) in [6.07, 6.45) is 0. The highest BCUT2D eigenvalue weighted by atomic mass is 16.2. The fourth-order valence-corrected chi connectivity index (χ4v) is 3.80. The molecule has 1 amide bonds. The Morgan fingerprint density at radius 3 is 2.52 bits per heavy atom. The van der Waals surface area contributed by atoms with Gasteiger partial charge in [-0.1, -0.05) is 49.4 Å². The normalized spacial score (nSPS) is 13.5. The molecule has 0 fully saturated rings. The summed E-state index contributed by atoms with van der Waals surface area (Å²) < 4.78 is 3.77. The highest BCUT2D eigenvalue weighted by Gasteiger charge is 2.22. The van der Waals surface area contributed by atoms with Gasteiger partial charge in [0.25, 0.3) is 5.56 Å². The number of nitrogens with zero attached hydrogens (tertiary/aromatic N) is 3. The van der Waals surface area contributed by atoms with E-state index in [0.29, 0.717) is 12.2 Å². The van der Waals surface area contributed by atoms with Gasteiger partial charge in [-0.2, -0.15) is 4.98 Å². The van der Waals surface area contributed by atoms with E-state index in [-0.39, 0.29) is 17.4 Å². The van der Waals surface area contributed by atoms with Crippen molar-refractivity contribution >= 4 is 22.5 Å². The highest BCUT2D eigenvalue weighted by Crippen LogP contribution is 2.25. The number of aromatic nitrogens is 3. The SMILES string of the molecule is Cc1cc(=O)nc2c3ccccc3n([C@H](C)C(=O)NC[C@H](C)c3ccccc3)n12. The molecule has 148 valence electrons. The summed E-state index contributed by atoms with van der Waals surface area (Å²) in [4.78, 5) is 29.2. The zero-order valence-corrected chi connectivity index (χ0v) is 16.8. The van der Waals surface area contributed by atoms with Crippen LogP contribution in [0.25, 0.3) is 16.6 Å². The van der Waals surface area contributed by atoms with Crippen LogP contribution in [0.3, 0.4) is 0 Å². The second-order valence-corrected chi connectivity index (χ2v) is 7.47. The quantitative estimate of drug-likeness (QED) is 0.569. The molecule has 0 radical (unpaired) electrons. The van der Waals surface area contributed by atoms with E-state index in [4.69, 9.17) is 0 Å². The maximum atomic E-state index is 13.0. The summed E-state index contributed by atoms with van der Waals surface area (Å²) in [5.41, 5.74) is 3.10. The Kier molecular flexibility index (Phi) is 4.92. The molecular formula is C23H24N4O2. The van der Waals surface area contributed by atoms with Crippen molar-refractivity contribution in [3.8, 4) is 0 Å². The van der Waals surface area contributed by atoms with Crippen LogP contribution in [0.4, 0.5) is 0 Å². The van der Waals surface area contributed by atoms with E-state index < -0.39 is 6.04 Å². The first-order valence-electron chi connectivity index (χ1n) is 9.79. The van der Waals surface area contributed by atoms with Gasteiger partial charge in [0.1, 0.15) is 6.04 Å². The summed E-state index contributed by atoms with van der Waals surface area (Å²) in [6, 6.07) is 18.9. The number of hydrogen-bond acceptors (Lipinski definition) is 3. The smallest absolute Gasteiger partial charge is 0.273 e. The lowest BCUT2D eigenvalue weighted by molar-refractivity contribution is -0.124. The number of amides is 1. The molecule has 2 aromatic heterocycles. The van der Waals surface area contributed by atoms with Gasteiger partial charge in [0.15, 0.2) is 5.65 Å². The minimum Gasteiger partial charge on any atom is -0.354 e. The summed E-state index contributed by atoms with van der Waals surface area (Å²) >= 11 is 0. The van der Waals surface area contributed by atoms with Crippen molar-refractivity contribution in [3.63, 3.8) is 0 Å². The first-order chi connectivity index (χ1) is 14.0. The molecule has 0 aliphatic heterocycles. The second-order valence-electron chi connectivity index (χ2n) is 7.47. The molecule has 0 unspecified atom stereocenters. The van der Waals surface area contributed by atoms with Crippen LogP contribution < -0.4 is 10.9 Å². The van der Waals surface area contributed by atoms with Crippen LogP contribution in [0.2, 0.25) is 0 Å². The summed E-state index contributed by atoms with van der Waals surface area (Å²) in [7, 11) is 0. The van der Waals surface area contributed by atoms with Crippen molar-refractivity contribution in [1.82, 2.24) is 19.5 Å². The Balaban J connectivity index is 1.68. The van der Waals surface area contributed by atoms with Gasteiger partial charge in [-0.15, -0.1) is 0 Å². The van der Waals surface area contributed by atoms with Gasteiger partial charge in [0.2, 0.25) is 5.91 Å². The molecule has 2 atom stereocenters. The predicted molar refractivity (Wildman–Crippen MR) is 114 cm³/mol. The number of hydrogen-bond donors (Lipinski definition) is 1. The van der Waals surface area contributed by atoms with E-state index >= 15 is 0 Å². The minimum atomic E-state index is -0.469. The van der Waals surface area contributed by atoms with Gasteiger partial charge in [0, 0.05) is 23.7 Å². The van der Waals surface area contributed by atoms with Crippen LogP contribution in [0.5, 0.6) is 0 Å². The lowest BCUT2D eigenvalue weighted by Gasteiger charge is -2.20. The molecule has 0 bridgehead atoms. The van der Waals surface area contributed by atoms with Crippen LogP contribution in [0.15, 0.2) is 65.5 Å². The zero-order chi connectivity index (χ0) is 20.5. The molecule has 6 heteroatoms. The third kappa shape index (κ3) is 3.42. The largest absolute Gasteiger partial charge is 0.354 e. The van der Waals surface area contributed by atoms with Crippen LogP contribution >= 0.6 is 0 Å². The highest BCUT2D eigenvalue weighted by molar-refractivity contribution is 5.94. The number of rotatable bonds is 5. The second kappa shape index (κ2) is 7.54. The number of carbonyl (C=O) groups excluding carboxylic acids is 1. The van der Waals surface area contributed by atoms with Crippen LogP contribution in [0.1, 0.15) is 37.1 Å². The molecule has 6 nitrogen and oxygen atoms in total. The van der Waals surface area contributed by atoms with Crippen molar-refractivity contribution in [1.29, 1.82) is 0 Å². The molecule has 0 aliphatic carbocycles. The Morgan fingerprint density at radius 2 is 1.76 bits per heavy atom. The Bertz CT molecular complexity index is 1240. The Hall–Kier alpha value is -3.41. The molecule has 4 rings (SSSR count). The predicted octanol–water partition coefficient (Wildman–Crippen LogP) is 3.44. The molecule has 1 N–H and O–H groups in total. The van der Waals surface area contributed by atoms with Crippen molar-refractivity contribution in [3.05, 3.63) is 82.3 Å². The van der Waals surface area contributed by atoms with E-state index in [2.05, 4.69) is 29.4 Å². The molecule has 4 aromatic rings. The number of aryl methyl sites for hydroxylation is 1. The molecule has 29 heavy (non-hydrogen) atoms. The Labute approximate surface area is 168 Å². The molecule has 2 aromatic carbocycles. The van der Waals surface area contributed by atoms with Gasteiger partial charge >= 0.3 is 0 Å². The monoisotopic (exact) mass is 388 g/mol. The number of carbonyl (C=O) groups is 1. The topological polar surface area (TPSA) is 68.4 Å².